The van der Waals surface area contributed by atoms with Crippen molar-refractivity contribution >= 4 is 5.97 Å². The molecule has 0 atom stereocenters. The standard InChI is InChI=1S/C22H25N3O5/c1-5-28-21(26)22(2,3)12-19-24-20(25-30-19)18-11-10-17(13-23-18)29-14-15-6-8-16(27-4)9-7-15/h6-11,13H,5,12,14H2,1-4H3. The van der Waals surface area contributed by atoms with Crippen molar-refractivity contribution in [3.63, 3.8) is 0 Å². The minimum absolute atomic E-state index is 0.280. The Bertz CT molecular complexity index is 965. The van der Waals surface area contributed by atoms with Crippen LogP contribution in [0.2, 0.25) is 0 Å². The number of ether oxygens (including phenoxy) is 3. The second-order valence-corrected chi connectivity index (χ2v) is 7.31. The van der Waals surface area contributed by atoms with E-state index < -0.39 is 5.41 Å². The zero-order chi connectivity index (χ0) is 21.6. The lowest BCUT2D eigenvalue weighted by Crippen LogP contribution is -2.29. The topological polar surface area (TPSA) is 96.6 Å². The molecule has 0 aliphatic carbocycles. The lowest BCUT2D eigenvalue weighted by atomic mass is 9.89. The van der Waals surface area contributed by atoms with E-state index in [9.17, 15) is 4.79 Å². The number of hydrogen-bond donors (Lipinski definition) is 0. The Morgan fingerprint density at radius 3 is 2.47 bits per heavy atom. The SMILES string of the molecule is CCOC(=O)C(C)(C)Cc1nc(-c2ccc(OCc3ccc(OC)cc3)cn2)no1. The van der Waals surface area contributed by atoms with Crippen LogP contribution < -0.4 is 9.47 Å². The monoisotopic (exact) mass is 411 g/mol. The molecule has 158 valence electrons. The quantitative estimate of drug-likeness (QED) is 0.490. The smallest absolute Gasteiger partial charge is 0.312 e. The van der Waals surface area contributed by atoms with Crippen LogP contribution in [0.5, 0.6) is 11.5 Å². The molecule has 2 heterocycles. The minimum Gasteiger partial charge on any atom is -0.497 e. The van der Waals surface area contributed by atoms with Crippen LogP contribution in [-0.2, 0) is 22.6 Å². The highest BCUT2D eigenvalue weighted by molar-refractivity contribution is 5.76. The summed E-state index contributed by atoms with van der Waals surface area (Å²) in [5.74, 6) is 1.83. The number of rotatable bonds is 9. The van der Waals surface area contributed by atoms with Crippen LogP contribution >= 0.6 is 0 Å². The van der Waals surface area contributed by atoms with Gasteiger partial charge in [-0.3, -0.25) is 4.79 Å². The zero-order valence-corrected chi connectivity index (χ0v) is 17.5. The van der Waals surface area contributed by atoms with E-state index in [0.717, 1.165) is 11.3 Å². The fourth-order valence-corrected chi connectivity index (χ4v) is 2.69. The van der Waals surface area contributed by atoms with E-state index in [4.69, 9.17) is 18.7 Å². The summed E-state index contributed by atoms with van der Waals surface area (Å²) in [6.45, 7) is 6.08. The fraction of sp³-hybridized carbons (Fsp3) is 0.364. The van der Waals surface area contributed by atoms with Gasteiger partial charge in [-0.25, -0.2) is 4.98 Å². The first-order valence-corrected chi connectivity index (χ1v) is 9.63. The minimum atomic E-state index is -0.758. The van der Waals surface area contributed by atoms with Gasteiger partial charge in [0.25, 0.3) is 0 Å². The number of esters is 1. The fourth-order valence-electron chi connectivity index (χ4n) is 2.69. The van der Waals surface area contributed by atoms with Crippen LogP contribution in [0, 0.1) is 5.41 Å². The van der Waals surface area contributed by atoms with Crippen molar-refractivity contribution in [2.75, 3.05) is 13.7 Å². The molecule has 0 aliphatic rings. The van der Waals surface area contributed by atoms with Gasteiger partial charge in [0.15, 0.2) is 0 Å². The molecule has 0 N–H and O–H groups in total. The highest BCUT2D eigenvalue weighted by atomic mass is 16.5. The Balaban J connectivity index is 1.60. The third-order valence-corrected chi connectivity index (χ3v) is 4.42. The lowest BCUT2D eigenvalue weighted by Gasteiger charge is -2.19. The highest BCUT2D eigenvalue weighted by Crippen LogP contribution is 2.25. The molecule has 2 aromatic heterocycles. The van der Waals surface area contributed by atoms with Gasteiger partial charge in [-0.15, -0.1) is 0 Å². The average molecular weight is 411 g/mol. The summed E-state index contributed by atoms with van der Waals surface area (Å²) in [5.41, 5.74) is 0.814. The molecule has 0 saturated carbocycles. The molecule has 0 spiro atoms. The second kappa shape index (κ2) is 9.39. The predicted molar refractivity (Wildman–Crippen MR) is 109 cm³/mol. The third-order valence-electron chi connectivity index (χ3n) is 4.42. The molecule has 3 aromatic rings. The van der Waals surface area contributed by atoms with Crippen molar-refractivity contribution in [3.05, 3.63) is 54.0 Å². The maximum absolute atomic E-state index is 12.0. The number of hydrogen-bond acceptors (Lipinski definition) is 8. The van der Waals surface area contributed by atoms with Crippen LogP contribution in [0.1, 0.15) is 32.2 Å². The molecule has 0 saturated heterocycles. The molecular formula is C22H25N3O5. The molecule has 0 fully saturated rings. The van der Waals surface area contributed by atoms with Crippen LogP contribution in [0.3, 0.4) is 0 Å². The summed E-state index contributed by atoms with van der Waals surface area (Å²) >= 11 is 0. The Kier molecular flexibility index (Phi) is 6.66. The van der Waals surface area contributed by atoms with Crippen molar-refractivity contribution in [2.45, 2.75) is 33.8 Å². The molecule has 3 rings (SSSR count). The first-order valence-electron chi connectivity index (χ1n) is 9.63. The Morgan fingerprint density at radius 1 is 1.10 bits per heavy atom. The van der Waals surface area contributed by atoms with E-state index in [1.807, 2.05) is 24.3 Å². The summed E-state index contributed by atoms with van der Waals surface area (Å²) in [6, 6.07) is 11.2. The molecule has 0 amide bonds. The van der Waals surface area contributed by atoms with Crippen molar-refractivity contribution < 1.29 is 23.5 Å². The Hall–Kier alpha value is -3.42. The molecule has 8 nitrogen and oxygen atoms in total. The zero-order valence-electron chi connectivity index (χ0n) is 17.5. The first-order chi connectivity index (χ1) is 14.4. The largest absolute Gasteiger partial charge is 0.497 e. The number of methoxy groups -OCH3 is 1. The molecule has 1 aromatic carbocycles. The van der Waals surface area contributed by atoms with Gasteiger partial charge in [0.05, 0.1) is 25.3 Å². The van der Waals surface area contributed by atoms with Crippen molar-refractivity contribution in [2.24, 2.45) is 5.41 Å². The van der Waals surface area contributed by atoms with Gasteiger partial charge in [0.2, 0.25) is 11.7 Å². The molecule has 0 bridgehead atoms. The van der Waals surface area contributed by atoms with Gasteiger partial charge in [-0.2, -0.15) is 4.98 Å². The van der Waals surface area contributed by atoms with Crippen molar-refractivity contribution in [1.29, 1.82) is 0 Å². The number of carbonyl (C=O) groups is 1. The number of aromatic nitrogens is 3. The van der Waals surface area contributed by atoms with Crippen molar-refractivity contribution in [1.82, 2.24) is 15.1 Å². The Labute approximate surface area is 175 Å². The lowest BCUT2D eigenvalue weighted by molar-refractivity contribution is -0.153. The molecule has 8 heteroatoms. The van der Waals surface area contributed by atoms with E-state index in [2.05, 4.69) is 15.1 Å². The summed E-state index contributed by atoms with van der Waals surface area (Å²) in [6.07, 6.45) is 1.89. The highest BCUT2D eigenvalue weighted by Gasteiger charge is 2.32. The average Bonchev–Trinajstić information content (AvgIpc) is 3.21. The van der Waals surface area contributed by atoms with Gasteiger partial charge in [-0.1, -0.05) is 17.3 Å². The number of benzene rings is 1. The van der Waals surface area contributed by atoms with Gasteiger partial charge in [-0.05, 0) is 50.6 Å². The number of nitrogens with zero attached hydrogens (tertiary/aromatic N) is 3. The summed E-state index contributed by atoms with van der Waals surface area (Å²) < 4.78 is 21.3. The van der Waals surface area contributed by atoms with Crippen molar-refractivity contribution in [3.8, 4) is 23.0 Å². The molecule has 0 radical (unpaired) electrons. The molecule has 30 heavy (non-hydrogen) atoms. The molecular weight excluding hydrogens is 386 g/mol. The van der Waals surface area contributed by atoms with E-state index in [0.29, 0.717) is 36.4 Å². The molecule has 0 unspecified atom stereocenters. The normalized spacial score (nSPS) is 11.2. The first kappa shape index (κ1) is 21.3. The summed E-state index contributed by atoms with van der Waals surface area (Å²) in [4.78, 5) is 20.7. The van der Waals surface area contributed by atoms with E-state index in [-0.39, 0.29) is 12.4 Å². The van der Waals surface area contributed by atoms with Crippen LogP contribution in [0.4, 0.5) is 0 Å². The van der Waals surface area contributed by atoms with E-state index in [1.165, 1.54) is 0 Å². The maximum Gasteiger partial charge on any atom is 0.312 e. The van der Waals surface area contributed by atoms with Gasteiger partial charge in [0, 0.05) is 6.42 Å². The van der Waals surface area contributed by atoms with Gasteiger partial charge in [0.1, 0.15) is 23.8 Å². The van der Waals surface area contributed by atoms with E-state index in [1.54, 1.807) is 46.2 Å². The number of carbonyl (C=O) groups excluding carboxylic acids is 1. The summed E-state index contributed by atoms with van der Waals surface area (Å²) in [7, 11) is 1.63. The predicted octanol–water partition coefficient (Wildman–Crippen LogP) is 3.85. The van der Waals surface area contributed by atoms with Gasteiger partial charge < -0.3 is 18.7 Å². The van der Waals surface area contributed by atoms with E-state index >= 15 is 0 Å². The third kappa shape index (κ3) is 5.34. The van der Waals surface area contributed by atoms with Crippen LogP contribution in [0.25, 0.3) is 11.5 Å². The number of pyridine rings is 1. The second-order valence-electron chi connectivity index (χ2n) is 7.31. The Morgan fingerprint density at radius 2 is 1.83 bits per heavy atom. The van der Waals surface area contributed by atoms with Gasteiger partial charge >= 0.3 is 5.97 Å². The summed E-state index contributed by atoms with van der Waals surface area (Å²) in [5, 5.41) is 3.96. The van der Waals surface area contributed by atoms with Crippen LogP contribution in [-0.4, -0.2) is 34.8 Å². The maximum atomic E-state index is 12.0. The van der Waals surface area contributed by atoms with Crippen LogP contribution in [0.15, 0.2) is 47.1 Å². The molecule has 0 aliphatic heterocycles.